The molecule has 4 heteroatoms. The molecule has 40 heavy (non-hydrogen) atoms. The fourth-order valence-electron chi connectivity index (χ4n) is 7.49. The van der Waals surface area contributed by atoms with Gasteiger partial charge < -0.3 is 4.90 Å². The van der Waals surface area contributed by atoms with Crippen molar-refractivity contribution in [2.75, 3.05) is 30.3 Å². The number of rotatable bonds is 3. The molecule has 1 aromatic heterocycles. The number of aliphatic imine (C=N–C) groups is 1. The Hall–Kier alpha value is -2.85. The van der Waals surface area contributed by atoms with Crippen LogP contribution in [0.1, 0.15) is 73.2 Å². The van der Waals surface area contributed by atoms with Gasteiger partial charge in [0.15, 0.2) is 0 Å². The molecule has 0 N–H and O–H groups in total. The molecule has 1 saturated heterocycles. The summed E-state index contributed by atoms with van der Waals surface area (Å²) in [6.45, 7) is 5.32. The molecule has 206 valence electrons. The topological polar surface area (TPSA) is 28.5 Å². The third-order valence-corrected chi connectivity index (χ3v) is 10.7. The number of hydrogen-bond acceptors (Lipinski definition) is 4. The van der Waals surface area contributed by atoms with Gasteiger partial charge in [0.2, 0.25) is 0 Å². The second-order valence-electron chi connectivity index (χ2n) is 12.3. The number of piperidine rings is 1. The quantitative estimate of drug-likeness (QED) is 0.328. The lowest BCUT2D eigenvalue weighted by atomic mass is 9.64. The van der Waals surface area contributed by atoms with Gasteiger partial charge in [0.25, 0.3) is 0 Å². The summed E-state index contributed by atoms with van der Waals surface area (Å²) in [7, 11) is 0. The summed E-state index contributed by atoms with van der Waals surface area (Å²) in [4.78, 5) is 10.9. The van der Waals surface area contributed by atoms with Gasteiger partial charge in [-0.3, -0.25) is 9.98 Å². The SMILES string of the molecule is C1=NCCS1.Cc1ccc(N2CCC(c3ccc4c5c(ccc4c3)C3=C(CCC=C3)C(C3CCC3)C5)CC2)cn1. The summed E-state index contributed by atoms with van der Waals surface area (Å²) >= 11 is 1.78. The minimum atomic E-state index is 0.656. The molecular weight excluding hydrogens is 506 g/mol. The second kappa shape index (κ2) is 11.6. The highest BCUT2D eigenvalue weighted by Gasteiger charge is 2.35. The Morgan fingerprint density at radius 1 is 0.975 bits per heavy atom. The first-order valence-corrected chi connectivity index (χ1v) is 16.5. The number of thioether (sulfide) groups is 1. The van der Waals surface area contributed by atoms with Crippen molar-refractivity contribution < 1.29 is 0 Å². The number of aromatic nitrogens is 1. The Labute approximate surface area is 243 Å². The maximum Gasteiger partial charge on any atom is 0.0552 e. The van der Waals surface area contributed by atoms with Crippen LogP contribution >= 0.6 is 11.8 Å². The van der Waals surface area contributed by atoms with Gasteiger partial charge in [0.05, 0.1) is 17.4 Å². The predicted molar refractivity (Wildman–Crippen MR) is 173 cm³/mol. The summed E-state index contributed by atoms with van der Waals surface area (Å²) in [6, 6.07) is 16.6. The van der Waals surface area contributed by atoms with E-state index < -0.39 is 0 Å². The zero-order valence-electron chi connectivity index (χ0n) is 23.8. The zero-order valence-corrected chi connectivity index (χ0v) is 24.6. The molecule has 8 rings (SSSR count). The van der Waals surface area contributed by atoms with Crippen LogP contribution in [0.25, 0.3) is 16.3 Å². The van der Waals surface area contributed by atoms with Crippen molar-refractivity contribution in [1.82, 2.24) is 4.98 Å². The fourth-order valence-corrected chi connectivity index (χ4v) is 8.01. The van der Waals surface area contributed by atoms with Gasteiger partial charge in [-0.2, -0.15) is 0 Å². The molecule has 0 amide bonds. The molecule has 1 unspecified atom stereocenters. The van der Waals surface area contributed by atoms with E-state index in [9.17, 15) is 0 Å². The maximum absolute atomic E-state index is 4.50. The van der Waals surface area contributed by atoms with Crippen LogP contribution in [0.15, 0.2) is 71.4 Å². The standard InChI is InChI=1S/C33H36N2.C3H5NS/c1-22-9-12-27(21-34-22)35-17-15-23(16-18-35)25-10-13-28-26(19-25)11-14-31-29-7-2-3-8-30(29)32(20-33(28)31)24-5-4-6-24;1-2-5-3-4-1/h2,7,9-14,19,21,23-24,32H,3-6,8,15-18,20H2,1H3;3H,1-2H2. The Bertz CT molecular complexity index is 1450. The van der Waals surface area contributed by atoms with Crippen molar-refractivity contribution in [3.63, 3.8) is 0 Å². The van der Waals surface area contributed by atoms with Crippen LogP contribution in [-0.2, 0) is 6.42 Å². The molecule has 0 spiro atoms. The van der Waals surface area contributed by atoms with E-state index in [0.717, 1.165) is 37.2 Å². The summed E-state index contributed by atoms with van der Waals surface area (Å²) < 4.78 is 0. The van der Waals surface area contributed by atoms with E-state index in [2.05, 4.69) is 76.4 Å². The number of allylic oxidation sites excluding steroid dienone is 4. The van der Waals surface area contributed by atoms with E-state index >= 15 is 0 Å². The van der Waals surface area contributed by atoms with Gasteiger partial charge in [0.1, 0.15) is 0 Å². The summed E-state index contributed by atoms with van der Waals surface area (Å²) in [5.74, 6) is 3.55. The Kier molecular flexibility index (Phi) is 7.54. The first-order chi connectivity index (χ1) is 19.7. The van der Waals surface area contributed by atoms with Crippen LogP contribution < -0.4 is 4.90 Å². The van der Waals surface area contributed by atoms with Crippen molar-refractivity contribution in [3.05, 3.63) is 88.8 Å². The lowest BCUT2D eigenvalue weighted by Crippen LogP contribution is -2.32. The largest absolute Gasteiger partial charge is 0.370 e. The van der Waals surface area contributed by atoms with Crippen LogP contribution in [0.5, 0.6) is 0 Å². The van der Waals surface area contributed by atoms with Gasteiger partial charge in [-0.1, -0.05) is 54.5 Å². The average Bonchev–Trinajstić information content (AvgIpc) is 3.57. The Morgan fingerprint density at radius 3 is 2.58 bits per heavy atom. The van der Waals surface area contributed by atoms with Crippen molar-refractivity contribution in [2.24, 2.45) is 16.8 Å². The van der Waals surface area contributed by atoms with E-state index in [0.29, 0.717) is 5.92 Å². The maximum atomic E-state index is 4.50. The molecule has 2 aromatic carbocycles. The molecular formula is C36H41N3S. The molecule has 0 radical (unpaired) electrons. The minimum Gasteiger partial charge on any atom is -0.370 e. The molecule has 5 aliphatic rings. The first kappa shape index (κ1) is 26.1. The fraction of sp³-hybridized carbons (Fsp3) is 0.444. The summed E-state index contributed by atoms with van der Waals surface area (Å²) in [6.07, 6.45) is 17.4. The van der Waals surface area contributed by atoms with Crippen LogP contribution in [0.4, 0.5) is 5.69 Å². The van der Waals surface area contributed by atoms with Crippen LogP contribution in [-0.4, -0.2) is 35.9 Å². The van der Waals surface area contributed by atoms with E-state index in [1.165, 1.54) is 84.7 Å². The molecule has 1 atom stereocenters. The van der Waals surface area contributed by atoms with Crippen LogP contribution in [0.3, 0.4) is 0 Å². The second-order valence-corrected chi connectivity index (χ2v) is 13.2. The molecule has 2 fully saturated rings. The number of nitrogens with zero attached hydrogens (tertiary/aromatic N) is 3. The van der Waals surface area contributed by atoms with Crippen molar-refractivity contribution in [1.29, 1.82) is 0 Å². The highest BCUT2D eigenvalue weighted by molar-refractivity contribution is 8.12. The molecule has 3 aliphatic carbocycles. The molecule has 2 aliphatic heterocycles. The number of pyridine rings is 1. The van der Waals surface area contributed by atoms with Crippen LogP contribution in [0, 0.1) is 18.8 Å². The van der Waals surface area contributed by atoms with Crippen LogP contribution in [0.2, 0.25) is 0 Å². The van der Waals surface area contributed by atoms with Gasteiger partial charge >= 0.3 is 0 Å². The lowest BCUT2D eigenvalue weighted by Gasteiger charge is -2.41. The predicted octanol–water partition coefficient (Wildman–Crippen LogP) is 8.76. The van der Waals surface area contributed by atoms with E-state index in [1.807, 2.05) is 11.7 Å². The molecule has 1 saturated carbocycles. The van der Waals surface area contributed by atoms with Gasteiger partial charge in [0, 0.05) is 31.1 Å². The molecule has 0 bridgehead atoms. The van der Waals surface area contributed by atoms with E-state index in [1.54, 1.807) is 28.5 Å². The Balaban J connectivity index is 0.000000480. The number of fused-ring (bicyclic) bond motifs is 4. The number of hydrogen-bond donors (Lipinski definition) is 0. The normalized spacial score (nSPS) is 22.5. The van der Waals surface area contributed by atoms with Gasteiger partial charge in [-0.25, -0.2) is 0 Å². The number of benzene rings is 2. The minimum absolute atomic E-state index is 0.656. The van der Waals surface area contributed by atoms with Crippen molar-refractivity contribution in [3.8, 4) is 0 Å². The lowest BCUT2D eigenvalue weighted by molar-refractivity contribution is 0.227. The summed E-state index contributed by atoms with van der Waals surface area (Å²) in [5.41, 5.74) is 12.3. The van der Waals surface area contributed by atoms with E-state index in [4.69, 9.17) is 0 Å². The summed E-state index contributed by atoms with van der Waals surface area (Å²) in [5, 5.41) is 2.95. The Morgan fingerprint density at radius 2 is 1.88 bits per heavy atom. The third kappa shape index (κ3) is 5.16. The monoisotopic (exact) mass is 547 g/mol. The highest BCUT2D eigenvalue weighted by atomic mass is 32.2. The van der Waals surface area contributed by atoms with Gasteiger partial charge in [-0.15, -0.1) is 11.8 Å². The van der Waals surface area contributed by atoms with E-state index in [-0.39, 0.29) is 0 Å². The van der Waals surface area contributed by atoms with Gasteiger partial charge in [-0.05, 0) is 115 Å². The average molecular weight is 548 g/mol. The van der Waals surface area contributed by atoms with Crippen molar-refractivity contribution in [2.45, 2.75) is 64.2 Å². The first-order valence-electron chi connectivity index (χ1n) is 15.5. The molecule has 3 nitrogen and oxygen atoms in total. The zero-order chi connectivity index (χ0) is 26.9. The van der Waals surface area contributed by atoms with Crippen molar-refractivity contribution >= 4 is 39.3 Å². The molecule has 3 aromatic rings. The smallest absolute Gasteiger partial charge is 0.0552 e. The highest BCUT2D eigenvalue weighted by Crippen LogP contribution is 2.49. The number of anilines is 1. The molecule has 3 heterocycles. The number of aryl methyl sites for hydroxylation is 1. The third-order valence-electron chi connectivity index (χ3n) is 9.96.